The molecular weight excluding hydrogens is 346 g/mol. The van der Waals surface area contributed by atoms with E-state index in [2.05, 4.69) is 25.8 Å². The van der Waals surface area contributed by atoms with Crippen LogP contribution < -0.4 is 4.90 Å². The fraction of sp³-hybridized carbons (Fsp3) is 0.625. The predicted molar refractivity (Wildman–Crippen MR) is 89.0 cm³/mol. The minimum Gasteiger partial charge on any atom is -0.444 e. The Morgan fingerprint density at radius 1 is 1.32 bits per heavy atom. The van der Waals surface area contributed by atoms with Crippen LogP contribution in [0.4, 0.5) is 10.5 Å². The van der Waals surface area contributed by atoms with Crippen molar-refractivity contribution in [1.82, 2.24) is 9.88 Å². The molecule has 0 saturated carbocycles. The van der Waals surface area contributed by atoms with Crippen LogP contribution in [-0.2, 0) is 4.74 Å². The van der Waals surface area contributed by atoms with Crippen molar-refractivity contribution in [1.29, 1.82) is 0 Å². The van der Waals surface area contributed by atoms with Crippen LogP contribution in [-0.4, -0.2) is 46.8 Å². The zero-order valence-corrected chi connectivity index (χ0v) is 14.8. The van der Waals surface area contributed by atoms with E-state index in [0.717, 1.165) is 36.1 Å². The van der Waals surface area contributed by atoms with E-state index in [9.17, 15) is 4.79 Å². The number of hydrogen-bond acceptors (Lipinski definition) is 4. The van der Waals surface area contributed by atoms with Crippen LogP contribution in [0.15, 0.2) is 22.9 Å². The monoisotopic (exact) mass is 367 g/mol. The SMILES string of the molecule is CC(C)(C)OC(=O)N1C2CCC1CN(c1ccncc1Br)C2. The molecule has 2 fully saturated rings. The molecule has 0 aliphatic carbocycles. The summed E-state index contributed by atoms with van der Waals surface area (Å²) in [5.41, 5.74) is 0.706. The van der Waals surface area contributed by atoms with Gasteiger partial charge >= 0.3 is 6.09 Å². The van der Waals surface area contributed by atoms with Gasteiger partial charge in [0.05, 0.1) is 22.2 Å². The molecule has 1 aromatic rings. The topological polar surface area (TPSA) is 45.7 Å². The molecule has 5 nitrogen and oxygen atoms in total. The molecule has 0 aromatic carbocycles. The van der Waals surface area contributed by atoms with Gasteiger partial charge in [-0.3, -0.25) is 9.88 Å². The Morgan fingerprint density at radius 3 is 2.50 bits per heavy atom. The Kier molecular flexibility index (Phi) is 4.05. The molecule has 2 saturated heterocycles. The smallest absolute Gasteiger partial charge is 0.410 e. The molecule has 2 bridgehead atoms. The van der Waals surface area contributed by atoms with Crippen LogP contribution in [0.2, 0.25) is 0 Å². The molecule has 6 heteroatoms. The van der Waals surface area contributed by atoms with Crippen LogP contribution in [0.3, 0.4) is 0 Å². The second kappa shape index (κ2) is 5.72. The van der Waals surface area contributed by atoms with Gasteiger partial charge in [-0.15, -0.1) is 0 Å². The van der Waals surface area contributed by atoms with Gasteiger partial charge < -0.3 is 9.64 Å². The number of hydrogen-bond donors (Lipinski definition) is 0. The molecule has 2 aliphatic rings. The van der Waals surface area contributed by atoms with Crippen LogP contribution >= 0.6 is 15.9 Å². The third-order valence-electron chi connectivity index (χ3n) is 4.18. The van der Waals surface area contributed by atoms with E-state index in [1.54, 1.807) is 0 Å². The molecule has 22 heavy (non-hydrogen) atoms. The summed E-state index contributed by atoms with van der Waals surface area (Å²) in [6.07, 6.45) is 5.54. The van der Waals surface area contributed by atoms with Crippen LogP contribution in [0.1, 0.15) is 33.6 Å². The normalized spacial score (nSPS) is 24.5. The minimum absolute atomic E-state index is 0.173. The van der Waals surface area contributed by atoms with Crippen molar-refractivity contribution in [3.05, 3.63) is 22.9 Å². The summed E-state index contributed by atoms with van der Waals surface area (Å²) in [5, 5.41) is 0. The zero-order valence-electron chi connectivity index (χ0n) is 13.3. The summed E-state index contributed by atoms with van der Waals surface area (Å²) in [7, 11) is 0. The van der Waals surface area contributed by atoms with Crippen LogP contribution in [0.25, 0.3) is 0 Å². The molecule has 3 heterocycles. The number of rotatable bonds is 1. The molecule has 3 rings (SSSR count). The molecule has 1 aromatic heterocycles. The Labute approximate surface area is 139 Å². The average Bonchev–Trinajstić information content (AvgIpc) is 2.68. The van der Waals surface area contributed by atoms with Crippen LogP contribution in [0.5, 0.6) is 0 Å². The predicted octanol–water partition coefficient (Wildman–Crippen LogP) is 3.43. The van der Waals surface area contributed by atoms with E-state index in [1.165, 1.54) is 0 Å². The lowest BCUT2D eigenvalue weighted by atomic mass is 10.1. The minimum atomic E-state index is -0.443. The number of nitrogens with zero attached hydrogens (tertiary/aromatic N) is 3. The Morgan fingerprint density at radius 2 is 1.95 bits per heavy atom. The number of anilines is 1. The van der Waals surface area contributed by atoms with Gasteiger partial charge in [0.1, 0.15) is 5.60 Å². The number of halogens is 1. The summed E-state index contributed by atoms with van der Waals surface area (Å²) in [6, 6.07) is 2.48. The van der Waals surface area contributed by atoms with Crippen molar-refractivity contribution in [2.24, 2.45) is 0 Å². The lowest BCUT2D eigenvalue weighted by Gasteiger charge is -2.42. The van der Waals surface area contributed by atoms with E-state index in [4.69, 9.17) is 4.74 Å². The van der Waals surface area contributed by atoms with E-state index < -0.39 is 5.60 Å². The largest absolute Gasteiger partial charge is 0.444 e. The van der Waals surface area contributed by atoms with E-state index in [-0.39, 0.29) is 18.2 Å². The fourth-order valence-electron chi connectivity index (χ4n) is 3.34. The maximum Gasteiger partial charge on any atom is 0.410 e. The van der Waals surface area contributed by atoms with Gasteiger partial charge in [0.2, 0.25) is 0 Å². The highest BCUT2D eigenvalue weighted by molar-refractivity contribution is 9.10. The van der Waals surface area contributed by atoms with Crippen LogP contribution in [0, 0.1) is 0 Å². The number of aromatic nitrogens is 1. The molecule has 2 aliphatic heterocycles. The third kappa shape index (κ3) is 3.07. The van der Waals surface area contributed by atoms with Gasteiger partial charge in [0.25, 0.3) is 0 Å². The lowest BCUT2D eigenvalue weighted by Crippen LogP contribution is -2.56. The van der Waals surface area contributed by atoms with Gasteiger partial charge in [0, 0.05) is 25.5 Å². The first-order valence-electron chi connectivity index (χ1n) is 7.71. The summed E-state index contributed by atoms with van der Waals surface area (Å²) >= 11 is 3.57. The molecule has 0 N–H and O–H groups in total. The Bertz CT molecular complexity index is 559. The van der Waals surface area contributed by atoms with Gasteiger partial charge in [-0.05, 0) is 55.6 Å². The van der Waals surface area contributed by atoms with E-state index >= 15 is 0 Å². The summed E-state index contributed by atoms with van der Waals surface area (Å²) in [4.78, 5) is 20.9. The standard InChI is InChI=1S/C16H22BrN3O2/c1-16(2,3)22-15(21)20-11-4-5-12(20)10-19(9-11)14-6-7-18-8-13(14)17/h6-8,11-12H,4-5,9-10H2,1-3H3. The van der Waals surface area contributed by atoms with Crippen molar-refractivity contribution in [2.75, 3.05) is 18.0 Å². The molecule has 2 atom stereocenters. The quantitative estimate of drug-likeness (QED) is 0.762. The van der Waals surface area contributed by atoms with Crippen molar-refractivity contribution >= 4 is 27.7 Å². The highest BCUT2D eigenvalue weighted by atomic mass is 79.9. The summed E-state index contributed by atoms with van der Waals surface area (Å²) < 4.78 is 6.57. The average molecular weight is 368 g/mol. The molecule has 2 unspecified atom stereocenters. The Balaban J connectivity index is 1.74. The van der Waals surface area contributed by atoms with Gasteiger partial charge in [0.15, 0.2) is 0 Å². The van der Waals surface area contributed by atoms with Crippen molar-refractivity contribution in [2.45, 2.75) is 51.3 Å². The molecular formula is C16H22BrN3O2. The summed E-state index contributed by atoms with van der Waals surface area (Å²) in [5.74, 6) is 0. The van der Waals surface area contributed by atoms with Crippen molar-refractivity contribution < 1.29 is 9.53 Å². The van der Waals surface area contributed by atoms with Crippen molar-refractivity contribution in [3.63, 3.8) is 0 Å². The first-order chi connectivity index (χ1) is 10.3. The van der Waals surface area contributed by atoms with Gasteiger partial charge in [-0.2, -0.15) is 0 Å². The zero-order chi connectivity index (χ0) is 15.9. The lowest BCUT2D eigenvalue weighted by molar-refractivity contribution is 0.0123. The Hall–Kier alpha value is -1.30. The second-order valence-corrected chi connectivity index (χ2v) is 7.86. The number of carbonyl (C=O) groups is 1. The van der Waals surface area contributed by atoms with E-state index in [0.29, 0.717) is 0 Å². The third-order valence-corrected chi connectivity index (χ3v) is 4.79. The second-order valence-electron chi connectivity index (χ2n) is 7.00. The number of ether oxygens (including phenoxy) is 1. The maximum absolute atomic E-state index is 12.5. The highest BCUT2D eigenvalue weighted by Crippen LogP contribution is 2.35. The molecule has 0 spiro atoms. The number of carbonyl (C=O) groups excluding carboxylic acids is 1. The maximum atomic E-state index is 12.5. The van der Waals surface area contributed by atoms with Gasteiger partial charge in [-0.1, -0.05) is 0 Å². The molecule has 1 amide bonds. The van der Waals surface area contributed by atoms with Crippen molar-refractivity contribution in [3.8, 4) is 0 Å². The highest BCUT2D eigenvalue weighted by Gasteiger charge is 2.44. The summed E-state index contributed by atoms with van der Waals surface area (Å²) in [6.45, 7) is 7.43. The number of amides is 1. The number of fused-ring (bicyclic) bond motifs is 2. The number of piperazine rings is 1. The fourth-order valence-corrected chi connectivity index (χ4v) is 3.84. The molecule has 0 radical (unpaired) electrons. The first-order valence-corrected chi connectivity index (χ1v) is 8.50. The van der Waals surface area contributed by atoms with Gasteiger partial charge in [-0.25, -0.2) is 4.79 Å². The number of pyridine rings is 1. The molecule has 120 valence electrons. The first kappa shape index (κ1) is 15.6. The van der Waals surface area contributed by atoms with E-state index in [1.807, 2.05) is 44.1 Å².